The van der Waals surface area contributed by atoms with Crippen LogP contribution in [0.4, 0.5) is 5.69 Å². The number of nitrogens with zero attached hydrogens (tertiary/aromatic N) is 1. The smallest absolute Gasteiger partial charge is 0.269 e. The maximum absolute atomic E-state index is 12.0. The van der Waals surface area contributed by atoms with Crippen molar-refractivity contribution in [3.8, 4) is 0 Å². The van der Waals surface area contributed by atoms with Crippen molar-refractivity contribution in [3.05, 3.63) is 39.9 Å². The highest BCUT2D eigenvalue weighted by atomic mass is 16.6. The lowest BCUT2D eigenvalue weighted by molar-refractivity contribution is -0.384. The van der Waals surface area contributed by atoms with Gasteiger partial charge in [0.1, 0.15) is 6.10 Å². The average molecular weight is 278 g/mol. The molecular weight excluding hydrogens is 260 g/mol. The predicted octanol–water partition coefficient (Wildman–Crippen LogP) is 2.34. The molecule has 1 aromatic rings. The summed E-state index contributed by atoms with van der Waals surface area (Å²) in [5.41, 5.74) is 0.778. The van der Waals surface area contributed by atoms with Gasteiger partial charge in [0.2, 0.25) is 5.91 Å². The van der Waals surface area contributed by atoms with Crippen LogP contribution in [0.25, 0.3) is 0 Å². The zero-order valence-electron chi connectivity index (χ0n) is 11.4. The Bertz CT molecular complexity index is 498. The van der Waals surface area contributed by atoms with Crippen LogP contribution in [0.15, 0.2) is 24.3 Å². The number of hydrogen-bond donors (Lipinski definition) is 1. The number of nitro groups is 1. The first-order valence-corrected chi connectivity index (χ1v) is 6.78. The van der Waals surface area contributed by atoms with Gasteiger partial charge in [0.05, 0.1) is 11.0 Å². The Morgan fingerprint density at radius 3 is 3.00 bits per heavy atom. The lowest BCUT2D eigenvalue weighted by atomic mass is 10.0. The summed E-state index contributed by atoms with van der Waals surface area (Å²) in [4.78, 5) is 22.4. The molecule has 0 aromatic heterocycles. The quantitative estimate of drug-likeness (QED) is 0.662. The van der Waals surface area contributed by atoms with E-state index < -0.39 is 4.92 Å². The van der Waals surface area contributed by atoms with E-state index in [1.54, 1.807) is 12.1 Å². The summed E-state index contributed by atoms with van der Waals surface area (Å²) < 4.78 is 5.34. The number of carbonyl (C=O) groups excluding carboxylic acids is 1. The SMILES string of the molecule is CC[C@H](NC(=O)[C@H]1CCCO1)c1cccc([N+](=O)[O-])c1. The van der Waals surface area contributed by atoms with E-state index in [1.807, 2.05) is 6.92 Å². The molecule has 0 bridgehead atoms. The van der Waals surface area contributed by atoms with Gasteiger partial charge in [-0.15, -0.1) is 0 Å². The standard InChI is InChI=1S/C14H18N2O4/c1-2-12(15-14(17)13-7-4-8-20-13)10-5-3-6-11(9-10)16(18)19/h3,5-6,9,12-13H,2,4,7-8H2,1H3,(H,15,17)/t12-,13+/m0/s1. The van der Waals surface area contributed by atoms with Gasteiger partial charge in [-0.3, -0.25) is 14.9 Å². The van der Waals surface area contributed by atoms with Gasteiger partial charge in [-0.05, 0) is 24.8 Å². The van der Waals surface area contributed by atoms with E-state index in [-0.39, 0.29) is 23.7 Å². The maximum Gasteiger partial charge on any atom is 0.269 e. The van der Waals surface area contributed by atoms with E-state index in [0.717, 1.165) is 18.4 Å². The number of non-ortho nitro benzene ring substituents is 1. The molecule has 0 radical (unpaired) electrons. The molecule has 1 aromatic carbocycles. The Morgan fingerprint density at radius 1 is 1.60 bits per heavy atom. The number of nitrogens with one attached hydrogen (secondary N) is 1. The second-order valence-electron chi connectivity index (χ2n) is 4.82. The molecule has 6 heteroatoms. The Labute approximate surface area is 117 Å². The minimum Gasteiger partial charge on any atom is -0.368 e. The Morgan fingerprint density at radius 2 is 2.40 bits per heavy atom. The number of rotatable bonds is 5. The average Bonchev–Trinajstić information content (AvgIpc) is 2.99. The first-order valence-electron chi connectivity index (χ1n) is 6.78. The molecule has 6 nitrogen and oxygen atoms in total. The lowest BCUT2D eigenvalue weighted by Crippen LogP contribution is -2.36. The molecule has 108 valence electrons. The summed E-state index contributed by atoms with van der Waals surface area (Å²) >= 11 is 0. The van der Waals surface area contributed by atoms with Gasteiger partial charge in [-0.2, -0.15) is 0 Å². The first-order chi connectivity index (χ1) is 9.61. The molecule has 1 fully saturated rings. The molecule has 20 heavy (non-hydrogen) atoms. The number of hydrogen-bond acceptors (Lipinski definition) is 4. The number of amides is 1. The highest BCUT2D eigenvalue weighted by molar-refractivity contribution is 5.81. The van der Waals surface area contributed by atoms with Crippen molar-refractivity contribution in [2.45, 2.75) is 38.3 Å². The van der Waals surface area contributed by atoms with Crippen LogP contribution in [-0.4, -0.2) is 23.5 Å². The molecule has 1 aliphatic heterocycles. The van der Waals surface area contributed by atoms with Crippen LogP contribution in [-0.2, 0) is 9.53 Å². The van der Waals surface area contributed by atoms with Crippen LogP contribution < -0.4 is 5.32 Å². The molecule has 0 saturated carbocycles. The normalized spacial score (nSPS) is 19.6. The summed E-state index contributed by atoms with van der Waals surface area (Å²) in [5.74, 6) is -0.138. The summed E-state index contributed by atoms with van der Waals surface area (Å²) in [6.07, 6.45) is 1.91. The molecule has 1 saturated heterocycles. The van der Waals surface area contributed by atoms with Crippen LogP contribution in [0.2, 0.25) is 0 Å². The third-order valence-electron chi connectivity index (χ3n) is 3.43. The molecule has 1 N–H and O–H groups in total. The fourth-order valence-electron chi connectivity index (χ4n) is 2.33. The van der Waals surface area contributed by atoms with Crippen LogP contribution in [0, 0.1) is 10.1 Å². The van der Waals surface area contributed by atoms with E-state index in [0.29, 0.717) is 13.0 Å². The van der Waals surface area contributed by atoms with Crippen LogP contribution in [0.5, 0.6) is 0 Å². The highest BCUT2D eigenvalue weighted by Crippen LogP contribution is 2.22. The lowest BCUT2D eigenvalue weighted by Gasteiger charge is -2.19. The largest absolute Gasteiger partial charge is 0.368 e. The van der Waals surface area contributed by atoms with E-state index in [4.69, 9.17) is 4.74 Å². The molecule has 1 amide bonds. The molecule has 1 aliphatic rings. The van der Waals surface area contributed by atoms with Gasteiger partial charge in [-0.1, -0.05) is 19.1 Å². The molecule has 0 spiro atoms. The van der Waals surface area contributed by atoms with Crippen molar-refractivity contribution in [2.75, 3.05) is 6.61 Å². The molecule has 0 aliphatic carbocycles. The number of ether oxygens (including phenoxy) is 1. The summed E-state index contributed by atoms with van der Waals surface area (Å²) in [5, 5.41) is 13.7. The van der Waals surface area contributed by atoms with Crippen LogP contribution in [0.1, 0.15) is 37.8 Å². The van der Waals surface area contributed by atoms with Crippen LogP contribution >= 0.6 is 0 Å². The topological polar surface area (TPSA) is 81.5 Å². The van der Waals surface area contributed by atoms with Crippen molar-refractivity contribution >= 4 is 11.6 Å². The van der Waals surface area contributed by atoms with Crippen molar-refractivity contribution in [2.24, 2.45) is 0 Å². The van der Waals surface area contributed by atoms with Crippen LogP contribution in [0.3, 0.4) is 0 Å². The fourth-order valence-corrected chi connectivity index (χ4v) is 2.33. The third-order valence-corrected chi connectivity index (χ3v) is 3.43. The zero-order valence-corrected chi connectivity index (χ0v) is 11.4. The highest BCUT2D eigenvalue weighted by Gasteiger charge is 2.25. The van der Waals surface area contributed by atoms with Gasteiger partial charge in [-0.25, -0.2) is 0 Å². The first kappa shape index (κ1) is 14.5. The summed E-state index contributed by atoms with van der Waals surface area (Å²) in [6, 6.07) is 6.14. The Kier molecular flexibility index (Phi) is 4.68. The van der Waals surface area contributed by atoms with Crippen molar-refractivity contribution in [1.82, 2.24) is 5.32 Å². The van der Waals surface area contributed by atoms with Gasteiger partial charge < -0.3 is 10.1 Å². The molecule has 0 unspecified atom stereocenters. The number of benzene rings is 1. The Hall–Kier alpha value is -1.95. The zero-order chi connectivity index (χ0) is 14.5. The summed E-state index contributed by atoms with van der Waals surface area (Å²) in [6.45, 7) is 2.55. The van der Waals surface area contributed by atoms with E-state index in [2.05, 4.69) is 5.32 Å². The van der Waals surface area contributed by atoms with Gasteiger partial charge in [0.15, 0.2) is 0 Å². The minimum atomic E-state index is -0.432. The molecular formula is C14H18N2O4. The molecule has 2 atom stereocenters. The van der Waals surface area contributed by atoms with E-state index in [1.165, 1.54) is 12.1 Å². The van der Waals surface area contributed by atoms with Crippen molar-refractivity contribution < 1.29 is 14.5 Å². The number of carbonyl (C=O) groups is 1. The number of nitro benzene ring substituents is 1. The van der Waals surface area contributed by atoms with E-state index >= 15 is 0 Å². The second-order valence-corrected chi connectivity index (χ2v) is 4.82. The molecule has 2 rings (SSSR count). The predicted molar refractivity (Wildman–Crippen MR) is 73.2 cm³/mol. The summed E-state index contributed by atoms with van der Waals surface area (Å²) in [7, 11) is 0. The maximum atomic E-state index is 12.0. The van der Waals surface area contributed by atoms with Gasteiger partial charge in [0, 0.05) is 18.7 Å². The van der Waals surface area contributed by atoms with E-state index in [9.17, 15) is 14.9 Å². The Balaban J connectivity index is 2.09. The van der Waals surface area contributed by atoms with Crippen molar-refractivity contribution in [1.29, 1.82) is 0 Å². The monoisotopic (exact) mass is 278 g/mol. The van der Waals surface area contributed by atoms with Gasteiger partial charge in [0.25, 0.3) is 5.69 Å². The van der Waals surface area contributed by atoms with Gasteiger partial charge >= 0.3 is 0 Å². The third kappa shape index (κ3) is 3.33. The van der Waals surface area contributed by atoms with Crippen molar-refractivity contribution in [3.63, 3.8) is 0 Å². The minimum absolute atomic E-state index is 0.0346. The fraction of sp³-hybridized carbons (Fsp3) is 0.500. The second kappa shape index (κ2) is 6.47. The molecule has 1 heterocycles.